The molecule has 1 heterocycles. The molecule has 1 aromatic rings. The van der Waals surface area contributed by atoms with E-state index in [4.69, 9.17) is 28.4 Å². The molecule has 0 radical (unpaired) electrons. The summed E-state index contributed by atoms with van der Waals surface area (Å²) in [7, 11) is 0. The van der Waals surface area contributed by atoms with Crippen molar-refractivity contribution in [1.82, 2.24) is 0 Å². The van der Waals surface area contributed by atoms with Gasteiger partial charge in [0.1, 0.15) is 25.1 Å². The molecule has 1 aliphatic rings. The average Bonchev–Trinajstić information content (AvgIpc) is 2.70. The molecule has 1 aromatic carbocycles. The standard InChI is InChI=1S/C21H25FO10/c1-11(23)27-10-17-18(28-12(2)24)19(29-13(3)25)20(30-14(4)26)21(32-17)31-16-8-6-5-7-15(16)9-22/h5-8,17-21H,9-10H2,1-4H3. The summed E-state index contributed by atoms with van der Waals surface area (Å²) >= 11 is 0. The van der Waals surface area contributed by atoms with Gasteiger partial charge in [-0.25, -0.2) is 4.39 Å². The lowest BCUT2D eigenvalue weighted by atomic mass is 9.98. The molecule has 32 heavy (non-hydrogen) atoms. The van der Waals surface area contributed by atoms with Crippen LogP contribution in [0.15, 0.2) is 24.3 Å². The van der Waals surface area contributed by atoms with Gasteiger partial charge in [-0.2, -0.15) is 0 Å². The van der Waals surface area contributed by atoms with Crippen molar-refractivity contribution in [3.05, 3.63) is 29.8 Å². The molecule has 10 nitrogen and oxygen atoms in total. The molecule has 0 aliphatic carbocycles. The Morgan fingerprint density at radius 1 is 0.844 bits per heavy atom. The second kappa shape index (κ2) is 11.4. The van der Waals surface area contributed by atoms with Gasteiger partial charge in [0.25, 0.3) is 0 Å². The van der Waals surface area contributed by atoms with Gasteiger partial charge >= 0.3 is 23.9 Å². The number of carbonyl (C=O) groups excluding carboxylic acids is 4. The summed E-state index contributed by atoms with van der Waals surface area (Å²) in [6, 6.07) is 6.17. The summed E-state index contributed by atoms with van der Waals surface area (Å²) in [4.78, 5) is 46.6. The monoisotopic (exact) mass is 456 g/mol. The van der Waals surface area contributed by atoms with Gasteiger partial charge in [0.2, 0.25) is 12.4 Å². The molecular formula is C21H25FO10. The Kier molecular flexibility index (Phi) is 8.94. The minimum Gasteiger partial charge on any atom is -0.463 e. The van der Waals surface area contributed by atoms with E-state index in [1.165, 1.54) is 19.1 Å². The number of esters is 4. The lowest BCUT2D eigenvalue weighted by Gasteiger charge is -2.44. The highest BCUT2D eigenvalue weighted by atomic mass is 19.1. The Morgan fingerprint density at radius 3 is 1.97 bits per heavy atom. The molecule has 2 rings (SSSR count). The second-order valence-electron chi connectivity index (χ2n) is 6.93. The normalized spacial score (nSPS) is 24.7. The number of ether oxygens (including phenoxy) is 6. The number of alkyl halides is 1. The molecule has 0 amide bonds. The minimum absolute atomic E-state index is 0.0934. The van der Waals surface area contributed by atoms with Crippen LogP contribution >= 0.6 is 0 Å². The molecule has 1 aliphatic heterocycles. The number of para-hydroxylation sites is 1. The molecule has 0 spiro atoms. The SMILES string of the molecule is CC(=O)OCC1OC(Oc2ccccc2CF)C(OC(C)=O)C(OC(C)=O)C1OC(C)=O. The first-order chi connectivity index (χ1) is 15.1. The zero-order valence-electron chi connectivity index (χ0n) is 18.1. The number of rotatable bonds is 8. The molecule has 5 atom stereocenters. The van der Waals surface area contributed by atoms with Gasteiger partial charge in [-0.15, -0.1) is 0 Å². The molecule has 5 unspecified atom stereocenters. The van der Waals surface area contributed by atoms with Gasteiger partial charge in [-0.05, 0) is 6.07 Å². The fourth-order valence-corrected chi connectivity index (χ4v) is 3.14. The maximum atomic E-state index is 13.4. The molecule has 176 valence electrons. The summed E-state index contributed by atoms with van der Waals surface area (Å²) < 4.78 is 45.8. The van der Waals surface area contributed by atoms with Crippen LogP contribution in [0.1, 0.15) is 33.3 Å². The van der Waals surface area contributed by atoms with E-state index in [0.717, 1.165) is 20.8 Å². The maximum Gasteiger partial charge on any atom is 0.303 e. The summed E-state index contributed by atoms with van der Waals surface area (Å²) in [5.74, 6) is -2.81. The van der Waals surface area contributed by atoms with Gasteiger partial charge in [0, 0.05) is 33.3 Å². The Morgan fingerprint density at radius 2 is 1.41 bits per heavy atom. The maximum absolute atomic E-state index is 13.4. The van der Waals surface area contributed by atoms with E-state index in [1.807, 2.05) is 0 Å². The van der Waals surface area contributed by atoms with Crippen LogP contribution in [0.5, 0.6) is 5.75 Å². The van der Waals surface area contributed by atoms with Crippen molar-refractivity contribution in [3.63, 3.8) is 0 Å². The molecule has 0 aromatic heterocycles. The third-order valence-corrected chi connectivity index (χ3v) is 4.31. The molecule has 11 heteroatoms. The van der Waals surface area contributed by atoms with Crippen LogP contribution in [0.4, 0.5) is 4.39 Å². The first kappa shape index (κ1) is 25.1. The van der Waals surface area contributed by atoms with Crippen LogP contribution in [-0.4, -0.2) is 61.2 Å². The Bertz CT molecular complexity index is 842. The predicted molar refractivity (Wildman–Crippen MR) is 104 cm³/mol. The molecule has 0 N–H and O–H groups in total. The van der Waals surface area contributed by atoms with Gasteiger partial charge in [0.15, 0.2) is 12.2 Å². The first-order valence-electron chi connectivity index (χ1n) is 9.73. The zero-order valence-corrected chi connectivity index (χ0v) is 18.1. The van der Waals surface area contributed by atoms with Crippen LogP contribution in [0.2, 0.25) is 0 Å². The van der Waals surface area contributed by atoms with Crippen LogP contribution in [-0.2, 0) is 49.5 Å². The first-order valence-corrected chi connectivity index (χ1v) is 9.73. The fourth-order valence-electron chi connectivity index (χ4n) is 3.14. The number of benzene rings is 1. The van der Waals surface area contributed by atoms with E-state index in [0.29, 0.717) is 0 Å². The predicted octanol–water partition coefficient (Wildman–Crippen LogP) is 1.62. The van der Waals surface area contributed by atoms with Crippen LogP contribution in [0.25, 0.3) is 0 Å². The largest absolute Gasteiger partial charge is 0.463 e. The van der Waals surface area contributed by atoms with Crippen molar-refractivity contribution in [2.24, 2.45) is 0 Å². The third kappa shape index (κ3) is 6.91. The van der Waals surface area contributed by atoms with Crippen molar-refractivity contribution in [3.8, 4) is 5.75 Å². The minimum atomic E-state index is -1.41. The Hall–Kier alpha value is -3.21. The smallest absolute Gasteiger partial charge is 0.303 e. The number of halogens is 1. The topological polar surface area (TPSA) is 124 Å². The Balaban J connectivity index is 2.48. The summed E-state index contributed by atoms with van der Waals surface area (Å²) in [5.41, 5.74) is 0.195. The van der Waals surface area contributed by atoms with Crippen molar-refractivity contribution in [2.75, 3.05) is 6.61 Å². The molecule has 0 bridgehead atoms. The molecule has 0 saturated carbocycles. The fraction of sp³-hybridized carbons (Fsp3) is 0.524. The average molecular weight is 456 g/mol. The summed E-state index contributed by atoms with van der Waals surface area (Å²) in [6.07, 6.45) is -6.61. The zero-order chi connectivity index (χ0) is 23.8. The number of carbonyl (C=O) groups is 4. The van der Waals surface area contributed by atoms with Gasteiger partial charge in [0.05, 0.1) is 0 Å². The van der Waals surface area contributed by atoms with E-state index < -0.39 is 61.3 Å². The van der Waals surface area contributed by atoms with E-state index in [1.54, 1.807) is 12.1 Å². The van der Waals surface area contributed by atoms with E-state index in [-0.39, 0.29) is 17.9 Å². The van der Waals surface area contributed by atoms with Crippen molar-refractivity contribution < 1.29 is 52.0 Å². The van der Waals surface area contributed by atoms with E-state index >= 15 is 0 Å². The van der Waals surface area contributed by atoms with Crippen molar-refractivity contribution >= 4 is 23.9 Å². The van der Waals surface area contributed by atoms with Crippen molar-refractivity contribution in [1.29, 1.82) is 0 Å². The van der Waals surface area contributed by atoms with E-state index in [9.17, 15) is 23.6 Å². The second-order valence-corrected chi connectivity index (χ2v) is 6.93. The lowest BCUT2D eigenvalue weighted by Crippen LogP contribution is -2.63. The molecular weight excluding hydrogens is 431 g/mol. The van der Waals surface area contributed by atoms with E-state index in [2.05, 4.69) is 0 Å². The highest BCUT2D eigenvalue weighted by molar-refractivity contribution is 5.68. The molecule has 1 fully saturated rings. The quantitative estimate of drug-likeness (QED) is 0.421. The van der Waals surface area contributed by atoms with Gasteiger partial charge < -0.3 is 28.4 Å². The van der Waals surface area contributed by atoms with Crippen LogP contribution in [0, 0.1) is 0 Å². The third-order valence-electron chi connectivity index (χ3n) is 4.31. The highest BCUT2D eigenvalue weighted by Gasteiger charge is 2.53. The van der Waals surface area contributed by atoms with Gasteiger partial charge in [-0.1, -0.05) is 18.2 Å². The summed E-state index contributed by atoms with van der Waals surface area (Å²) in [5, 5.41) is 0. The van der Waals surface area contributed by atoms with Gasteiger partial charge in [-0.3, -0.25) is 19.2 Å². The Labute approximate surface area is 183 Å². The van der Waals surface area contributed by atoms with Crippen LogP contribution < -0.4 is 4.74 Å². The number of hydrogen-bond acceptors (Lipinski definition) is 10. The molecule has 1 saturated heterocycles. The number of hydrogen-bond donors (Lipinski definition) is 0. The lowest BCUT2D eigenvalue weighted by molar-refractivity contribution is -0.288. The van der Waals surface area contributed by atoms with Crippen molar-refractivity contribution in [2.45, 2.75) is 65.1 Å². The summed E-state index contributed by atoms with van der Waals surface area (Å²) in [6.45, 7) is 3.28. The highest BCUT2D eigenvalue weighted by Crippen LogP contribution is 2.32. The van der Waals surface area contributed by atoms with Crippen LogP contribution in [0.3, 0.4) is 0 Å².